The molecule has 168 valence electrons. The Morgan fingerprint density at radius 2 is 1.75 bits per heavy atom. The number of hydrogen-bond acceptors (Lipinski definition) is 3. The fourth-order valence-corrected chi connectivity index (χ4v) is 3.49. The summed E-state index contributed by atoms with van der Waals surface area (Å²) in [4.78, 5) is 4.76. The van der Waals surface area contributed by atoms with Crippen LogP contribution in [0.3, 0.4) is 0 Å². The smallest absolute Gasteiger partial charge is 0.191 e. The first kappa shape index (κ1) is 23.8. The highest BCUT2D eigenvalue weighted by atomic mass is 127. The fraction of sp³-hybridized carbons (Fsp3) is 0.292. The first-order chi connectivity index (χ1) is 15.2. The molecule has 2 aromatic carbocycles. The molecule has 0 amide bonds. The summed E-state index contributed by atoms with van der Waals surface area (Å²) in [6, 6.07) is 20.9. The van der Waals surface area contributed by atoms with Crippen LogP contribution in [0.2, 0.25) is 0 Å². The van der Waals surface area contributed by atoms with Crippen LogP contribution in [-0.2, 0) is 26.7 Å². The lowest BCUT2D eigenvalue weighted by Gasteiger charge is -2.13. The van der Waals surface area contributed by atoms with E-state index >= 15 is 0 Å². The van der Waals surface area contributed by atoms with Gasteiger partial charge in [-0.05, 0) is 36.4 Å². The number of aliphatic imine (C=N–C) groups is 1. The van der Waals surface area contributed by atoms with Crippen molar-refractivity contribution in [1.29, 1.82) is 0 Å². The number of nitrogens with zero attached hydrogens (tertiary/aromatic N) is 5. The Morgan fingerprint density at radius 1 is 0.969 bits per heavy atom. The maximum atomic E-state index is 4.76. The molecule has 2 N–H and O–H groups in total. The van der Waals surface area contributed by atoms with Crippen molar-refractivity contribution in [1.82, 2.24) is 30.0 Å². The molecule has 0 unspecified atom stereocenters. The first-order valence-corrected chi connectivity index (χ1v) is 10.7. The maximum absolute atomic E-state index is 4.76. The second-order valence-corrected chi connectivity index (χ2v) is 7.57. The Balaban J connectivity index is 0.00000289. The van der Waals surface area contributed by atoms with E-state index in [0.717, 1.165) is 37.1 Å². The molecule has 4 rings (SSSR count). The minimum Gasteiger partial charge on any atom is -0.356 e. The third kappa shape index (κ3) is 6.09. The third-order valence-electron chi connectivity index (χ3n) is 5.41. The number of nitrogens with one attached hydrogen (secondary N) is 2. The van der Waals surface area contributed by atoms with E-state index in [1.54, 1.807) is 0 Å². The normalized spacial score (nSPS) is 11.4. The van der Waals surface area contributed by atoms with Gasteiger partial charge in [0.05, 0.1) is 13.1 Å². The summed E-state index contributed by atoms with van der Waals surface area (Å²) in [6.45, 7) is 4.92. The molecule has 0 saturated heterocycles. The van der Waals surface area contributed by atoms with Crippen molar-refractivity contribution in [3.8, 4) is 0 Å². The lowest BCUT2D eigenvalue weighted by atomic mass is 10.2. The molecule has 0 saturated carbocycles. The van der Waals surface area contributed by atoms with Crippen LogP contribution in [-0.4, -0.2) is 31.8 Å². The van der Waals surface area contributed by atoms with Gasteiger partial charge >= 0.3 is 0 Å². The van der Waals surface area contributed by atoms with Gasteiger partial charge in [0.25, 0.3) is 0 Å². The molecule has 8 heteroatoms. The third-order valence-corrected chi connectivity index (χ3v) is 5.41. The average Bonchev–Trinajstić information content (AvgIpc) is 3.36. The molecule has 2 aromatic heterocycles. The molecule has 0 bridgehead atoms. The highest BCUT2D eigenvalue weighted by molar-refractivity contribution is 14.0. The Hall–Kier alpha value is -2.88. The summed E-state index contributed by atoms with van der Waals surface area (Å²) in [6.07, 6.45) is 3.15. The van der Waals surface area contributed by atoms with Gasteiger partial charge < -0.3 is 19.8 Å². The van der Waals surface area contributed by atoms with Gasteiger partial charge in [-0.25, -0.2) is 4.99 Å². The molecular weight excluding hydrogens is 513 g/mol. The SMILES string of the molecule is Cc1nnc(CNC(=NCc2ccccc2)NCCCn2ccc3ccccc32)n1C.I. The molecule has 0 aliphatic carbocycles. The Labute approximate surface area is 206 Å². The monoisotopic (exact) mass is 543 g/mol. The van der Waals surface area contributed by atoms with Gasteiger partial charge in [-0.3, -0.25) is 0 Å². The number of fused-ring (bicyclic) bond motifs is 1. The zero-order chi connectivity index (χ0) is 21.5. The van der Waals surface area contributed by atoms with Crippen molar-refractivity contribution in [2.75, 3.05) is 6.54 Å². The molecule has 0 fully saturated rings. The van der Waals surface area contributed by atoms with Crippen LogP contribution in [0.4, 0.5) is 0 Å². The van der Waals surface area contributed by atoms with Crippen molar-refractivity contribution in [3.05, 3.63) is 84.1 Å². The minimum atomic E-state index is 0. The number of guanidine groups is 1. The van der Waals surface area contributed by atoms with Crippen LogP contribution in [0.1, 0.15) is 23.6 Å². The van der Waals surface area contributed by atoms with Crippen molar-refractivity contribution >= 4 is 40.8 Å². The van der Waals surface area contributed by atoms with Crippen molar-refractivity contribution < 1.29 is 0 Å². The molecule has 0 radical (unpaired) electrons. The van der Waals surface area contributed by atoms with E-state index in [4.69, 9.17) is 4.99 Å². The van der Waals surface area contributed by atoms with Gasteiger partial charge in [0.2, 0.25) is 0 Å². The number of hydrogen-bond donors (Lipinski definition) is 2. The largest absolute Gasteiger partial charge is 0.356 e. The van der Waals surface area contributed by atoms with Crippen molar-refractivity contribution in [2.24, 2.45) is 12.0 Å². The number of para-hydroxylation sites is 1. The minimum absolute atomic E-state index is 0. The number of halogens is 1. The van der Waals surface area contributed by atoms with E-state index in [1.165, 1.54) is 16.5 Å². The standard InChI is InChI=1S/C24H29N7.HI/c1-19-28-29-23(30(19)2)18-27-24(26-17-20-9-4-3-5-10-20)25-14-8-15-31-16-13-21-11-6-7-12-22(21)31;/h3-7,9-13,16H,8,14-15,17-18H2,1-2H3,(H2,25,26,27);1H. The number of benzene rings is 2. The Bertz CT molecular complexity index is 1150. The number of aromatic nitrogens is 4. The highest BCUT2D eigenvalue weighted by Gasteiger charge is 2.06. The van der Waals surface area contributed by atoms with Gasteiger partial charge in [0, 0.05) is 31.9 Å². The van der Waals surface area contributed by atoms with Crippen LogP contribution in [0.5, 0.6) is 0 Å². The van der Waals surface area contributed by atoms with E-state index < -0.39 is 0 Å². The van der Waals surface area contributed by atoms with Crippen LogP contribution >= 0.6 is 24.0 Å². The molecule has 32 heavy (non-hydrogen) atoms. The second-order valence-electron chi connectivity index (χ2n) is 7.57. The maximum Gasteiger partial charge on any atom is 0.191 e. The predicted molar refractivity (Wildman–Crippen MR) is 140 cm³/mol. The van der Waals surface area contributed by atoms with Gasteiger partial charge in [-0.1, -0.05) is 48.5 Å². The molecule has 0 aliphatic rings. The van der Waals surface area contributed by atoms with E-state index in [2.05, 4.69) is 74.1 Å². The first-order valence-electron chi connectivity index (χ1n) is 10.7. The molecule has 7 nitrogen and oxygen atoms in total. The van der Waals surface area contributed by atoms with E-state index in [0.29, 0.717) is 13.1 Å². The van der Waals surface area contributed by atoms with E-state index in [1.807, 2.05) is 36.7 Å². The zero-order valence-electron chi connectivity index (χ0n) is 18.5. The molecule has 4 aromatic rings. The van der Waals surface area contributed by atoms with Crippen molar-refractivity contribution in [2.45, 2.75) is 33.0 Å². The van der Waals surface area contributed by atoms with Gasteiger partial charge in [-0.15, -0.1) is 34.2 Å². The quantitative estimate of drug-likeness (QED) is 0.153. The van der Waals surface area contributed by atoms with Crippen LogP contribution < -0.4 is 10.6 Å². The summed E-state index contributed by atoms with van der Waals surface area (Å²) in [5, 5.41) is 16.5. The fourth-order valence-electron chi connectivity index (χ4n) is 3.49. The number of aryl methyl sites for hydroxylation is 2. The van der Waals surface area contributed by atoms with Crippen LogP contribution in [0.15, 0.2) is 71.9 Å². The lowest BCUT2D eigenvalue weighted by Crippen LogP contribution is -2.38. The molecule has 2 heterocycles. The molecule has 0 spiro atoms. The molecule has 0 aliphatic heterocycles. The Morgan fingerprint density at radius 3 is 2.53 bits per heavy atom. The average molecular weight is 543 g/mol. The van der Waals surface area contributed by atoms with Crippen molar-refractivity contribution in [3.63, 3.8) is 0 Å². The van der Waals surface area contributed by atoms with Gasteiger partial charge in [0.1, 0.15) is 5.82 Å². The van der Waals surface area contributed by atoms with Crippen LogP contribution in [0, 0.1) is 6.92 Å². The number of rotatable bonds is 8. The summed E-state index contributed by atoms with van der Waals surface area (Å²) in [5.41, 5.74) is 2.45. The summed E-state index contributed by atoms with van der Waals surface area (Å²) < 4.78 is 4.28. The highest BCUT2D eigenvalue weighted by Crippen LogP contribution is 2.15. The van der Waals surface area contributed by atoms with E-state index in [-0.39, 0.29) is 24.0 Å². The molecular formula is C24H30IN7. The second kappa shape index (κ2) is 11.7. The van der Waals surface area contributed by atoms with Crippen LogP contribution in [0.25, 0.3) is 10.9 Å². The zero-order valence-corrected chi connectivity index (χ0v) is 20.9. The van der Waals surface area contributed by atoms with E-state index in [9.17, 15) is 0 Å². The van der Waals surface area contributed by atoms with Gasteiger partial charge in [0.15, 0.2) is 11.8 Å². The summed E-state index contributed by atoms with van der Waals surface area (Å²) in [7, 11) is 1.97. The topological polar surface area (TPSA) is 72.1 Å². The Kier molecular flexibility index (Phi) is 8.66. The predicted octanol–water partition coefficient (Wildman–Crippen LogP) is 4.02. The van der Waals surface area contributed by atoms with Gasteiger partial charge in [-0.2, -0.15) is 0 Å². The lowest BCUT2D eigenvalue weighted by molar-refractivity contribution is 0.636. The summed E-state index contributed by atoms with van der Waals surface area (Å²) in [5.74, 6) is 2.55. The molecule has 0 atom stereocenters. The summed E-state index contributed by atoms with van der Waals surface area (Å²) >= 11 is 0.